The molecule has 0 aliphatic heterocycles. The Morgan fingerprint density at radius 1 is 0.972 bits per heavy atom. The monoisotopic (exact) mass is 504 g/mol. The van der Waals surface area contributed by atoms with Crippen molar-refractivity contribution in [3.05, 3.63) is 48.6 Å². The van der Waals surface area contributed by atoms with Crippen LogP contribution in [0.4, 0.5) is 4.79 Å². The van der Waals surface area contributed by atoms with Gasteiger partial charge in [-0.3, -0.25) is 4.79 Å². The van der Waals surface area contributed by atoms with Crippen LogP contribution in [-0.2, 0) is 35.2 Å². The molecule has 0 saturated heterocycles. The lowest BCUT2D eigenvalue weighted by Gasteiger charge is -2.24. The highest BCUT2D eigenvalue weighted by molar-refractivity contribution is 5.85. The largest absolute Gasteiger partial charge is 0.461 e. The van der Waals surface area contributed by atoms with Crippen molar-refractivity contribution >= 4 is 23.9 Å². The first kappa shape index (κ1) is 30.7. The molecule has 0 aliphatic rings. The van der Waals surface area contributed by atoms with E-state index in [1.165, 1.54) is 6.08 Å². The van der Waals surface area contributed by atoms with Gasteiger partial charge in [0.25, 0.3) is 0 Å². The van der Waals surface area contributed by atoms with Gasteiger partial charge in [0.05, 0.1) is 6.42 Å². The molecule has 0 unspecified atom stereocenters. The van der Waals surface area contributed by atoms with E-state index in [1.807, 2.05) is 51.1 Å². The maximum absolute atomic E-state index is 12.7. The minimum Gasteiger partial charge on any atom is -0.461 e. The molecule has 9 heteroatoms. The Bertz CT molecular complexity index is 857. The standard InChI is InChI=1S/C27H40N2O7/c1-7-14-34-27(33)29-24(19(5)8-2)26(32)36-20(6)16-23(30)28-22(15-18(3)4)25(31)35-17-21-12-10-9-11-13-21/h7,9-13,18-20,22,24H,1,8,14-17H2,2-6H3,(H,28,30)(H,29,33)/t19-,20+,22-,24-/m0/s1. The van der Waals surface area contributed by atoms with Crippen LogP contribution in [0.25, 0.3) is 0 Å². The summed E-state index contributed by atoms with van der Waals surface area (Å²) in [5.41, 5.74) is 0.846. The van der Waals surface area contributed by atoms with Crippen LogP contribution >= 0.6 is 0 Å². The van der Waals surface area contributed by atoms with Gasteiger partial charge in [0.2, 0.25) is 5.91 Å². The van der Waals surface area contributed by atoms with E-state index in [0.717, 1.165) is 5.56 Å². The summed E-state index contributed by atoms with van der Waals surface area (Å²) in [4.78, 5) is 49.9. The Morgan fingerprint density at radius 3 is 2.22 bits per heavy atom. The van der Waals surface area contributed by atoms with Gasteiger partial charge in [-0.1, -0.05) is 77.1 Å². The fourth-order valence-electron chi connectivity index (χ4n) is 3.31. The van der Waals surface area contributed by atoms with Gasteiger partial charge in [0.1, 0.15) is 31.4 Å². The van der Waals surface area contributed by atoms with Crippen molar-refractivity contribution in [3.8, 4) is 0 Å². The summed E-state index contributed by atoms with van der Waals surface area (Å²) in [5, 5.41) is 5.22. The third-order valence-corrected chi connectivity index (χ3v) is 5.41. The van der Waals surface area contributed by atoms with E-state index in [9.17, 15) is 19.2 Å². The number of esters is 2. The maximum atomic E-state index is 12.7. The van der Waals surface area contributed by atoms with Gasteiger partial charge in [0.15, 0.2) is 0 Å². The molecule has 0 heterocycles. The number of alkyl carbamates (subject to hydrolysis) is 1. The zero-order valence-electron chi connectivity index (χ0n) is 22.0. The molecule has 1 rings (SSSR count). The van der Waals surface area contributed by atoms with Crippen LogP contribution in [0.15, 0.2) is 43.0 Å². The zero-order valence-corrected chi connectivity index (χ0v) is 22.0. The Balaban J connectivity index is 2.68. The summed E-state index contributed by atoms with van der Waals surface area (Å²) in [6, 6.07) is 7.52. The summed E-state index contributed by atoms with van der Waals surface area (Å²) in [6.07, 6.45) is 0.739. The summed E-state index contributed by atoms with van der Waals surface area (Å²) < 4.78 is 15.7. The molecule has 0 fully saturated rings. The minimum absolute atomic E-state index is 0.00993. The number of hydrogen-bond donors (Lipinski definition) is 2. The van der Waals surface area contributed by atoms with Crippen molar-refractivity contribution in [2.75, 3.05) is 6.61 Å². The fourth-order valence-corrected chi connectivity index (χ4v) is 3.31. The molecule has 0 spiro atoms. The first-order valence-corrected chi connectivity index (χ1v) is 12.3. The minimum atomic E-state index is -0.931. The van der Waals surface area contributed by atoms with E-state index in [2.05, 4.69) is 17.2 Å². The van der Waals surface area contributed by atoms with E-state index in [1.54, 1.807) is 13.8 Å². The molecule has 9 nitrogen and oxygen atoms in total. The van der Waals surface area contributed by atoms with Gasteiger partial charge in [-0.05, 0) is 30.7 Å². The van der Waals surface area contributed by atoms with Crippen molar-refractivity contribution in [1.82, 2.24) is 10.6 Å². The summed E-state index contributed by atoms with van der Waals surface area (Å²) in [6.45, 7) is 12.7. The quantitative estimate of drug-likeness (QED) is 0.211. The number of benzene rings is 1. The van der Waals surface area contributed by atoms with E-state index in [-0.39, 0.29) is 31.5 Å². The van der Waals surface area contributed by atoms with E-state index < -0.39 is 42.1 Å². The molecule has 0 saturated carbocycles. The van der Waals surface area contributed by atoms with Crippen LogP contribution < -0.4 is 10.6 Å². The third-order valence-electron chi connectivity index (χ3n) is 5.41. The van der Waals surface area contributed by atoms with Gasteiger partial charge >= 0.3 is 18.0 Å². The van der Waals surface area contributed by atoms with Crippen molar-refractivity contribution in [1.29, 1.82) is 0 Å². The topological polar surface area (TPSA) is 120 Å². The molecule has 1 aromatic rings. The number of nitrogens with one attached hydrogen (secondary N) is 2. The predicted molar refractivity (Wildman–Crippen MR) is 136 cm³/mol. The van der Waals surface area contributed by atoms with Crippen molar-refractivity contribution in [3.63, 3.8) is 0 Å². The smallest absolute Gasteiger partial charge is 0.408 e. The first-order valence-electron chi connectivity index (χ1n) is 12.3. The molecule has 1 aromatic carbocycles. The molecule has 2 N–H and O–H groups in total. The lowest BCUT2D eigenvalue weighted by Crippen LogP contribution is -2.47. The highest BCUT2D eigenvalue weighted by Gasteiger charge is 2.30. The molecule has 0 aliphatic carbocycles. The van der Waals surface area contributed by atoms with Gasteiger partial charge in [-0.15, -0.1) is 0 Å². The average Bonchev–Trinajstić information content (AvgIpc) is 2.83. The normalized spacial score (nSPS) is 14.1. The van der Waals surface area contributed by atoms with Crippen LogP contribution in [0.2, 0.25) is 0 Å². The van der Waals surface area contributed by atoms with Gasteiger partial charge in [-0.25, -0.2) is 14.4 Å². The number of amides is 2. The molecule has 0 radical (unpaired) electrons. The Kier molecular flexibility index (Phi) is 13.9. The van der Waals surface area contributed by atoms with Crippen molar-refractivity contribution in [2.24, 2.45) is 11.8 Å². The van der Waals surface area contributed by atoms with Crippen molar-refractivity contribution in [2.45, 2.75) is 78.7 Å². The molecule has 0 aromatic heterocycles. The Hall–Kier alpha value is -3.36. The highest BCUT2D eigenvalue weighted by atomic mass is 16.6. The Labute approximate surface area is 213 Å². The highest BCUT2D eigenvalue weighted by Crippen LogP contribution is 2.13. The van der Waals surface area contributed by atoms with Crippen LogP contribution in [-0.4, -0.2) is 48.7 Å². The SMILES string of the molecule is C=CCOC(=O)N[C@H](C(=O)O[C@H](C)CC(=O)N[C@@H](CC(C)C)C(=O)OCc1ccccc1)[C@@H](C)CC. The number of carbonyl (C=O) groups excluding carboxylic acids is 4. The third kappa shape index (κ3) is 11.9. The van der Waals surface area contributed by atoms with Crippen LogP contribution in [0, 0.1) is 11.8 Å². The summed E-state index contributed by atoms with van der Waals surface area (Å²) >= 11 is 0. The van der Waals surface area contributed by atoms with Crippen LogP contribution in [0.1, 0.15) is 59.4 Å². The second kappa shape index (κ2) is 16.3. The van der Waals surface area contributed by atoms with Gasteiger partial charge in [0, 0.05) is 0 Å². The number of hydrogen-bond acceptors (Lipinski definition) is 7. The number of ether oxygens (including phenoxy) is 3. The zero-order chi connectivity index (χ0) is 27.1. The summed E-state index contributed by atoms with van der Waals surface area (Å²) in [5.74, 6) is -1.72. The number of rotatable bonds is 15. The molecule has 36 heavy (non-hydrogen) atoms. The molecule has 200 valence electrons. The molecular weight excluding hydrogens is 464 g/mol. The molecule has 0 bridgehead atoms. The van der Waals surface area contributed by atoms with Crippen molar-refractivity contribution < 1.29 is 33.4 Å². The van der Waals surface area contributed by atoms with E-state index >= 15 is 0 Å². The number of carbonyl (C=O) groups is 4. The lowest BCUT2D eigenvalue weighted by atomic mass is 9.99. The average molecular weight is 505 g/mol. The Morgan fingerprint density at radius 2 is 1.64 bits per heavy atom. The van der Waals surface area contributed by atoms with Gasteiger partial charge < -0.3 is 24.8 Å². The molecular formula is C27H40N2O7. The maximum Gasteiger partial charge on any atom is 0.408 e. The van der Waals surface area contributed by atoms with Crippen LogP contribution in [0.3, 0.4) is 0 Å². The second-order valence-electron chi connectivity index (χ2n) is 9.19. The second-order valence-corrected chi connectivity index (χ2v) is 9.19. The van der Waals surface area contributed by atoms with E-state index in [4.69, 9.17) is 14.2 Å². The van der Waals surface area contributed by atoms with Crippen LogP contribution in [0.5, 0.6) is 0 Å². The summed E-state index contributed by atoms with van der Waals surface area (Å²) in [7, 11) is 0. The molecule has 4 atom stereocenters. The van der Waals surface area contributed by atoms with E-state index in [0.29, 0.717) is 12.8 Å². The first-order chi connectivity index (χ1) is 17.1. The lowest BCUT2D eigenvalue weighted by molar-refractivity contribution is -0.154. The fraction of sp³-hybridized carbons (Fsp3) is 0.556. The van der Waals surface area contributed by atoms with Gasteiger partial charge in [-0.2, -0.15) is 0 Å². The predicted octanol–water partition coefficient (Wildman–Crippen LogP) is 3.91. The molecule has 2 amide bonds.